The van der Waals surface area contributed by atoms with Crippen LogP contribution >= 0.6 is 0 Å². The van der Waals surface area contributed by atoms with Gasteiger partial charge in [0.05, 0.1) is 26.2 Å². The van der Waals surface area contributed by atoms with Crippen LogP contribution in [0.5, 0.6) is 0 Å². The van der Waals surface area contributed by atoms with Crippen LogP contribution in [0, 0.1) is 0 Å². The van der Waals surface area contributed by atoms with E-state index in [1.165, 1.54) is 0 Å². The summed E-state index contributed by atoms with van der Waals surface area (Å²) >= 11 is 0. The minimum atomic E-state index is -1.00. The molecule has 2 unspecified atom stereocenters. The van der Waals surface area contributed by atoms with Crippen molar-refractivity contribution in [2.24, 2.45) is 0 Å². The molecule has 0 aromatic rings. The molecule has 182 valence electrons. The largest absolute Gasteiger partial charge is 0.480 e. The van der Waals surface area contributed by atoms with E-state index in [1.807, 2.05) is 9.80 Å². The van der Waals surface area contributed by atoms with Crippen molar-refractivity contribution < 1.29 is 39.6 Å². The van der Waals surface area contributed by atoms with Gasteiger partial charge in [0.2, 0.25) is 0 Å². The highest BCUT2D eigenvalue weighted by atomic mass is 16.4. The number of hydrogen-bond acceptors (Lipinski definition) is 8. The lowest BCUT2D eigenvalue weighted by molar-refractivity contribution is -0.143. The Kier molecular flexibility index (Phi) is 10.3. The number of carbonyl (C=O) groups is 4. The lowest BCUT2D eigenvalue weighted by Crippen LogP contribution is -2.58. The summed E-state index contributed by atoms with van der Waals surface area (Å²) in [7, 11) is 0. The van der Waals surface area contributed by atoms with Crippen LogP contribution in [-0.2, 0) is 19.2 Å². The van der Waals surface area contributed by atoms with Gasteiger partial charge in [-0.25, -0.2) is 0 Å². The average molecular weight is 459 g/mol. The second kappa shape index (κ2) is 12.7. The van der Waals surface area contributed by atoms with Crippen molar-refractivity contribution in [3.8, 4) is 0 Å². The van der Waals surface area contributed by atoms with Crippen LogP contribution in [-0.4, -0.2) is 141 Å². The molecule has 1 aliphatic heterocycles. The Balaban J connectivity index is 2.33. The highest BCUT2D eigenvalue weighted by Crippen LogP contribution is 2.27. The van der Waals surface area contributed by atoms with E-state index < -0.39 is 23.9 Å². The zero-order chi connectivity index (χ0) is 23.7. The Morgan fingerprint density at radius 2 is 0.844 bits per heavy atom. The molecule has 0 bridgehead atoms. The van der Waals surface area contributed by atoms with Crippen molar-refractivity contribution in [3.63, 3.8) is 0 Å². The van der Waals surface area contributed by atoms with Gasteiger partial charge in [-0.1, -0.05) is 12.8 Å². The van der Waals surface area contributed by atoms with Gasteiger partial charge < -0.3 is 20.4 Å². The topological polar surface area (TPSA) is 162 Å². The first-order valence-electron chi connectivity index (χ1n) is 11.0. The van der Waals surface area contributed by atoms with Crippen LogP contribution < -0.4 is 0 Å². The van der Waals surface area contributed by atoms with Gasteiger partial charge in [-0.3, -0.25) is 38.8 Å². The van der Waals surface area contributed by atoms with Crippen molar-refractivity contribution in [2.45, 2.75) is 37.8 Å². The summed E-state index contributed by atoms with van der Waals surface area (Å²) in [6, 6.07) is -0.337. The minimum absolute atomic E-state index is 0.168. The van der Waals surface area contributed by atoms with Crippen molar-refractivity contribution in [2.75, 3.05) is 65.4 Å². The van der Waals surface area contributed by atoms with Crippen molar-refractivity contribution in [1.82, 2.24) is 19.6 Å². The lowest BCUT2D eigenvalue weighted by Gasteiger charge is -2.45. The first-order chi connectivity index (χ1) is 15.2. The molecule has 12 heteroatoms. The summed E-state index contributed by atoms with van der Waals surface area (Å²) < 4.78 is 0. The van der Waals surface area contributed by atoms with Gasteiger partial charge in [0.15, 0.2) is 0 Å². The Hall–Kier alpha value is -2.28. The predicted octanol–water partition coefficient (Wildman–Crippen LogP) is -1.14. The molecule has 0 amide bonds. The Morgan fingerprint density at radius 1 is 0.531 bits per heavy atom. The highest BCUT2D eigenvalue weighted by Gasteiger charge is 2.36. The normalized spacial score (nSPS) is 25.2. The molecule has 0 aromatic carbocycles. The lowest BCUT2D eigenvalue weighted by atomic mass is 9.87. The van der Waals surface area contributed by atoms with Crippen LogP contribution in [0.4, 0.5) is 0 Å². The van der Waals surface area contributed by atoms with Crippen LogP contribution in [0.15, 0.2) is 0 Å². The van der Waals surface area contributed by atoms with E-state index in [-0.39, 0.29) is 38.3 Å². The number of fused-ring (bicyclic) bond motifs is 1. The quantitative estimate of drug-likeness (QED) is 0.346. The Labute approximate surface area is 187 Å². The fourth-order valence-corrected chi connectivity index (χ4v) is 4.76. The maximum absolute atomic E-state index is 11.6. The summed E-state index contributed by atoms with van der Waals surface area (Å²) in [5.74, 6) is -3.98. The zero-order valence-corrected chi connectivity index (χ0v) is 18.3. The summed E-state index contributed by atoms with van der Waals surface area (Å²) in [6.07, 6.45) is 3.27. The van der Waals surface area contributed by atoms with Gasteiger partial charge in [0.1, 0.15) is 0 Å². The number of carboxylic acids is 4. The van der Waals surface area contributed by atoms with E-state index in [1.54, 1.807) is 9.80 Å². The third kappa shape index (κ3) is 8.69. The highest BCUT2D eigenvalue weighted by molar-refractivity contribution is 5.70. The molecule has 2 fully saturated rings. The second-order valence-corrected chi connectivity index (χ2v) is 8.49. The molecule has 0 spiro atoms. The maximum atomic E-state index is 11.6. The van der Waals surface area contributed by atoms with Gasteiger partial charge in [-0.05, 0) is 12.8 Å². The Bertz CT molecular complexity index is 620. The minimum Gasteiger partial charge on any atom is -0.480 e. The van der Waals surface area contributed by atoms with Gasteiger partial charge in [0.25, 0.3) is 0 Å². The number of aliphatic carboxylic acids is 4. The summed E-state index contributed by atoms with van der Waals surface area (Å²) in [6.45, 7) is 1.10. The predicted molar refractivity (Wildman–Crippen MR) is 113 cm³/mol. The molecule has 2 aliphatic rings. The van der Waals surface area contributed by atoms with Crippen molar-refractivity contribution in [3.05, 3.63) is 0 Å². The summed E-state index contributed by atoms with van der Waals surface area (Å²) in [5, 5.41) is 37.5. The molecular formula is C20H34N4O8. The molecule has 12 nitrogen and oxygen atoms in total. The molecule has 1 saturated heterocycles. The molecule has 1 saturated carbocycles. The fourth-order valence-electron chi connectivity index (χ4n) is 4.76. The van der Waals surface area contributed by atoms with Crippen LogP contribution in [0.2, 0.25) is 0 Å². The fraction of sp³-hybridized carbons (Fsp3) is 0.800. The van der Waals surface area contributed by atoms with Gasteiger partial charge >= 0.3 is 23.9 Å². The third-order valence-electron chi connectivity index (χ3n) is 6.17. The average Bonchev–Trinajstić information content (AvgIpc) is 2.69. The van der Waals surface area contributed by atoms with Gasteiger partial charge in [-0.15, -0.1) is 0 Å². The van der Waals surface area contributed by atoms with Gasteiger partial charge in [0, 0.05) is 51.4 Å². The molecule has 4 N–H and O–H groups in total. The standard InChI is InChI=1S/C20H34N4O8/c25-17(26)11-21-5-6-22(12-18(27)28)8-10-24(14-20(31)32)16-4-2-1-3-15(16)23(9-7-21)13-19(29)30/h15-16H,1-14H2,(H,25,26)(H,27,28)(H,29,30)(H,31,32). The second-order valence-electron chi connectivity index (χ2n) is 8.49. The molecular weight excluding hydrogens is 424 g/mol. The van der Waals surface area contributed by atoms with Crippen molar-refractivity contribution in [1.29, 1.82) is 0 Å². The number of carboxylic acid groups (broad SMARTS) is 4. The summed E-state index contributed by atoms with van der Waals surface area (Å²) in [5.41, 5.74) is 0. The molecule has 1 heterocycles. The summed E-state index contributed by atoms with van der Waals surface area (Å²) in [4.78, 5) is 52.8. The van der Waals surface area contributed by atoms with E-state index in [0.29, 0.717) is 39.3 Å². The molecule has 0 radical (unpaired) electrons. The van der Waals surface area contributed by atoms with Gasteiger partial charge in [-0.2, -0.15) is 0 Å². The smallest absolute Gasteiger partial charge is 0.317 e. The number of rotatable bonds is 8. The SMILES string of the molecule is O=C(O)CN1CCN(CC(=O)O)CCN(CC(=O)O)C2CCCCC2N(CC(=O)O)CC1. The molecule has 1 aliphatic carbocycles. The monoisotopic (exact) mass is 458 g/mol. The van der Waals surface area contributed by atoms with Crippen LogP contribution in [0.3, 0.4) is 0 Å². The van der Waals surface area contributed by atoms with Crippen molar-refractivity contribution >= 4 is 23.9 Å². The third-order valence-corrected chi connectivity index (χ3v) is 6.17. The van der Waals surface area contributed by atoms with E-state index in [9.17, 15) is 39.6 Å². The first kappa shape index (κ1) is 26.0. The van der Waals surface area contributed by atoms with E-state index in [2.05, 4.69) is 0 Å². The number of nitrogens with zero attached hydrogens (tertiary/aromatic N) is 4. The molecule has 2 atom stereocenters. The molecule has 2 rings (SSSR count). The first-order valence-corrected chi connectivity index (χ1v) is 11.0. The molecule has 32 heavy (non-hydrogen) atoms. The molecule has 0 aromatic heterocycles. The van der Waals surface area contributed by atoms with E-state index in [0.717, 1.165) is 25.7 Å². The maximum Gasteiger partial charge on any atom is 0.317 e. The Morgan fingerprint density at radius 3 is 1.16 bits per heavy atom. The van der Waals surface area contributed by atoms with Crippen LogP contribution in [0.1, 0.15) is 25.7 Å². The number of hydrogen-bond donors (Lipinski definition) is 4. The van der Waals surface area contributed by atoms with E-state index >= 15 is 0 Å². The van der Waals surface area contributed by atoms with Crippen LogP contribution in [0.25, 0.3) is 0 Å². The van der Waals surface area contributed by atoms with E-state index in [4.69, 9.17) is 0 Å². The zero-order valence-electron chi connectivity index (χ0n) is 18.3.